The molecule has 0 radical (unpaired) electrons. The molecule has 2 heterocycles. The van der Waals surface area contributed by atoms with Gasteiger partial charge >= 0.3 is 5.97 Å². The quantitative estimate of drug-likeness (QED) is 0.387. The lowest BCUT2D eigenvalue weighted by Gasteiger charge is -2.18. The summed E-state index contributed by atoms with van der Waals surface area (Å²) in [6.45, 7) is 0. The molecule has 2 aromatic heterocycles. The summed E-state index contributed by atoms with van der Waals surface area (Å²) < 4.78 is 2.13. The van der Waals surface area contributed by atoms with Crippen LogP contribution < -0.4 is 5.32 Å². The van der Waals surface area contributed by atoms with Crippen molar-refractivity contribution in [3.8, 4) is 11.4 Å². The lowest BCUT2D eigenvalue weighted by molar-refractivity contribution is -0.113. The Kier molecular flexibility index (Phi) is 6.09. The lowest BCUT2D eigenvalue weighted by Crippen LogP contribution is -2.16. The van der Waals surface area contributed by atoms with Gasteiger partial charge in [0.1, 0.15) is 0 Å². The average Bonchev–Trinajstić information content (AvgIpc) is 3.47. The maximum absolute atomic E-state index is 12.6. The summed E-state index contributed by atoms with van der Waals surface area (Å²) in [5.41, 5.74) is 4.20. The van der Waals surface area contributed by atoms with Crippen LogP contribution in [0.25, 0.3) is 11.4 Å². The number of carboxylic acids is 1. The van der Waals surface area contributed by atoms with E-state index >= 15 is 0 Å². The van der Waals surface area contributed by atoms with Crippen LogP contribution in [-0.2, 0) is 11.2 Å². The highest BCUT2D eigenvalue weighted by Crippen LogP contribution is 2.39. The molecular formula is C25H21N5O3S. The summed E-state index contributed by atoms with van der Waals surface area (Å²) in [6.07, 6.45) is 5.37. The summed E-state index contributed by atoms with van der Waals surface area (Å²) in [7, 11) is 0. The number of carbonyl (C=O) groups is 2. The highest BCUT2D eigenvalue weighted by Gasteiger charge is 2.29. The zero-order chi connectivity index (χ0) is 23.5. The molecule has 2 aromatic carbocycles. The van der Waals surface area contributed by atoms with Crippen LogP contribution in [0.5, 0.6) is 0 Å². The Morgan fingerprint density at radius 2 is 1.79 bits per heavy atom. The molecule has 0 saturated carbocycles. The van der Waals surface area contributed by atoms with Gasteiger partial charge in [0.2, 0.25) is 5.91 Å². The molecule has 1 amide bonds. The number of nitrogens with zero attached hydrogens (tertiary/aromatic N) is 4. The van der Waals surface area contributed by atoms with Crippen molar-refractivity contribution in [2.45, 2.75) is 24.0 Å². The second-order valence-electron chi connectivity index (χ2n) is 7.88. The number of nitrogens with one attached hydrogen (secondary N) is 1. The minimum atomic E-state index is -1.01. The number of thioether (sulfide) groups is 1. The van der Waals surface area contributed by atoms with Gasteiger partial charge in [-0.2, -0.15) is 0 Å². The number of aromatic nitrogens is 4. The molecule has 1 unspecified atom stereocenters. The van der Waals surface area contributed by atoms with E-state index in [9.17, 15) is 9.59 Å². The van der Waals surface area contributed by atoms with E-state index in [2.05, 4.69) is 43.3 Å². The molecule has 2 N–H and O–H groups in total. The Morgan fingerprint density at radius 1 is 1.03 bits per heavy atom. The van der Waals surface area contributed by atoms with Crippen molar-refractivity contribution in [3.63, 3.8) is 0 Å². The molecule has 1 atom stereocenters. The summed E-state index contributed by atoms with van der Waals surface area (Å²) >= 11 is 1.33. The zero-order valence-electron chi connectivity index (χ0n) is 18.1. The van der Waals surface area contributed by atoms with Crippen LogP contribution in [-0.4, -0.2) is 42.5 Å². The first-order chi connectivity index (χ1) is 16.6. The first kappa shape index (κ1) is 21.8. The molecule has 1 aliphatic carbocycles. The molecule has 9 heteroatoms. The minimum Gasteiger partial charge on any atom is -0.478 e. The van der Waals surface area contributed by atoms with E-state index in [0.717, 1.165) is 24.2 Å². The van der Waals surface area contributed by atoms with E-state index in [1.807, 2.05) is 18.2 Å². The van der Waals surface area contributed by atoms with E-state index in [4.69, 9.17) is 5.11 Å². The van der Waals surface area contributed by atoms with E-state index in [-0.39, 0.29) is 23.3 Å². The normalized spacial score (nSPS) is 14.5. The maximum atomic E-state index is 12.6. The fraction of sp³-hybridized carbons (Fsp3) is 0.160. The first-order valence-corrected chi connectivity index (χ1v) is 11.8. The standard InChI is InChI=1S/C25H21N5O3S/c31-22(27-19-8-5-18(6-9-19)24(32)33)15-34-25-29-28-23(17-11-13-26-14-12-17)30(25)21-10-7-16-3-1-2-4-20(16)21/h1-6,8-9,11-14,21H,7,10,15H2,(H,27,31)(H,32,33). The van der Waals surface area contributed by atoms with Crippen LogP contribution in [0.3, 0.4) is 0 Å². The summed E-state index contributed by atoms with van der Waals surface area (Å²) in [4.78, 5) is 27.7. The number of rotatable bonds is 7. The van der Waals surface area contributed by atoms with Gasteiger partial charge in [0.25, 0.3) is 0 Å². The van der Waals surface area contributed by atoms with Gasteiger partial charge in [-0.15, -0.1) is 10.2 Å². The molecule has 0 spiro atoms. The summed E-state index contributed by atoms with van der Waals surface area (Å²) in [5.74, 6) is -0.328. The Bertz CT molecular complexity index is 1340. The van der Waals surface area contributed by atoms with Gasteiger partial charge in [-0.05, 0) is 60.4 Å². The van der Waals surface area contributed by atoms with Crippen molar-refractivity contribution < 1.29 is 14.7 Å². The SMILES string of the molecule is O=C(CSc1nnc(-c2ccncc2)n1C1CCc2ccccc21)Nc1ccc(C(=O)O)cc1. The molecule has 0 aliphatic heterocycles. The van der Waals surface area contributed by atoms with Crippen LogP contribution in [0.15, 0.2) is 78.2 Å². The van der Waals surface area contributed by atoms with Crippen LogP contribution in [0.1, 0.15) is 33.9 Å². The smallest absolute Gasteiger partial charge is 0.335 e. The van der Waals surface area contributed by atoms with Gasteiger partial charge in [-0.25, -0.2) is 4.79 Å². The fourth-order valence-corrected chi connectivity index (χ4v) is 4.96. The van der Waals surface area contributed by atoms with E-state index < -0.39 is 5.97 Å². The third kappa shape index (κ3) is 4.42. The second kappa shape index (κ2) is 9.48. The van der Waals surface area contributed by atoms with Crippen molar-refractivity contribution >= 4 is 29.3 Å². The Labute approximate surface area is 200 Å². The predicted octanol–water partition coefficient (Wildman–Crippen LogP) is 4.30. The van der Waals surface area contributed by atoms with Crippen LogP contribution in [0.4, 0.5) is 5.69 Å². The largest absolute Gasteiger partial charge is 0.478 e. The molecule has 1 aliphatic rings. The number of carboxylic acid groups (broad SMARTS) is 1. The maximum Gasteiger partial charge on any atom is 0.335 e. The third-order valence-corrected chi connectivity index (χ3v) is 6.71. The Balaban J connectivity index is 1.38. The van der Waals surface area contributed by atoms with Crippen LogP contribution >= 0.6 is 11.8 Å². The molecule has 170 valence electrons. The molecule has 0 fully saturated rings. The molecule has 5 rings (SSSR count). The third-order valence-electron chi connectivity index (χ3n) is 5.76. The number of fused-ring (bicyclic) bond motifs is 1. The molecule has 0 saturated heterocycles. The van der Waals surface area contributed by atoms with Gasteiger partial charge in [0, 0.05) is 23.6 Å². The molecular weight excluding hydrogens is 450 g/mol. The first-order valence-electron chi connectivity index (χ1n) is 10.8. The number of anilines is 1. The number of pyridine rings is 1. The monoisotopic (exact) mass is 471 g/mol. The molecule has 8 nitrogen and oxygen atoms in total. The van der Waals surface area contributed by atoms with Gasteiger partial charge in [0.05, 0.1) is 17.4 Å². The zero-order valence-corrected chi connectivity index (χ0v) is 18.9. The number of aryl methyl sites for hydroxylation is 1. The number of amides is 1. The highest BCUT2D eigenvalue weighted by molar-refractivity contribution is 7.99. The number of hydrogen-bond donors (Lipinski definition) is 2. The number of carbonyl (C=O) groups excluding carboxylic acids is 1. The van der Waals surface area contributed by atoms with E-state index in [0.29, 0.717) is 10.8 Å². The summed E-state index contributed by atoms with van der Waals surface area (Å²) in [6, 6.07) is 18.4. The van der Waals surface area contributed by atoms with Gasteiger partial charge in [0.15, 0.2) is 11.0 Å². The topological polar surface area (TPSA) is 110 Å². The van der Waals surface area contributed by atoms with Crippen molar-refractivity contribution in [3.05, 3.63) is 89.7 Å². The van der Waals surface area contributed by atoms with Crippen molar-refractivity contribution in [1.82, 2.24) is 19.7 Å². The van der Waals surface area contributed by atoms with Gasteiger partial charge < -0.3 is 10.4 Å². The second-order valence-corrected chi connectivity index (χ2v) is 8.83. The minimum absolute atomic E-state index is 0.0866. The lowest BCUT2D eigenvalue weighted by atomic mass is 10.1. The molecule has 34 heavy (non-hydrogen) atoms. The molecule has 0 bridgehead atoms. The summed E-state index contributed by atoms with van der Waals surface area (Å²) in [5, 5.41) is 21.4. The van der Waals surface area contributed by atoms with E-state index in [1.165, 1.54) is 35.0 Å². The highest BCUT2D eigenvalue weighted by atomic mass is 32.2. The van der Waals surface area contributed by atoms with Crippen LogP contribution in [0.2, 0.25) is 0 Å². The number of hydrogen-bond acceptors (Lipinski definition) is 6. The average molecular weight is 472 g/mol. The van der Waals surface area contributed by atoms with E-state index in [1.54, 1.807) is 24.5 Å². The fourth-order valence-electron chi connectivity index (χ4n) is 4.18. The Morgan fingerprint density at radius 3 is 2.56 bits per heavy atom. The Hall–Kier alpha value is -3.98. The van der Waals surface area contributed by atoms with Crippen LogP contribution in [0, 0.1) is 0 Å². The number of benzene rings is 2. The molecule has 4 aromatic rings. The number of aromatic carboxylic acids is 1. The van der Waals surface area contributed by atoms with Crippen molar-refractivity contribution in [2.75, 3.05) is 11.1 Å². The predicted molar refractivity (Wildman–Crippen MR) is 129 cm³/mol. The van der Waals surface area contributed by atoms with Gasteiger partial charge in [-0.3, -0.25) is 14.3 Å². The van der Waals surface area contributed by atoms with Crippen molar-refractivity contribution in [2.24, 2.45) is 0 Å². The van der Waals surface area contributed by atoms with Gasteiger partial charge in [-0.1, -0.05) is 36.0 Å². The van der Waals surface area contributed by atoms with Crippen molar-refractivity contribution in [1.29, 1.82) is 0 Å².